The molecule has 0 spiro atoms. The normalized spacial score (nSPS) is 18.7. The summed E-state index contributed by atoms with van der Waals surface area (Å²) in [5.74, 6) is 0.723. The highest BCUT2D eigenvalue weighted by Crippen LogP contribution is 2.29. The van der Waals surface area contributed by atoms with Crippen molar-refractivity contribution in [3.05, 3.63) is 66.4 Å². The zero-order valence-corrected chi connectivity index (χ0v) is 20.7. The van der Waals surface area contributed by atoms with Crippen molar-refractivity contribution in [1.29, 1.82) is 0 Å². The van der Waals surface area contributed by atoms with Gasteiger partial charge < -0.3 is 10.6 Å². The maximum atomic E-state index is 13.3. The summed E-state index contributed by atoms with van der Waals surface area (Å²) in [6.07, 6.45) is 4.36. The Hall–Kier alpha value is -2.97. The highest BCUT2D eigenvalue weighted by Gasteiger charge is 2.35. The van der Waals surface area contributed by atoms with Gasteiger partial charge in [0.05, 0.1) is 10.1 Å². The summed E-state index contributed by atoms with van der Waals surface area (Å²) in [5.41, 5.74) is 6.92. The highest BCUT2D eigenvalue weighted by atomic mass is 32.2. The van der Waals surface area contributed by atoms with E-state index in [1.54, 1.807) is 18.3 Å². The number of carbonyl (C=O) groups excluding carboxylic acids is 1. The number of hydrogen-bond donors (Lipinski definition) is 1. The molecule has 5 rings (SSSR count). The molecule has 0 radical (unpaired) electrons. The molecule has 2 aliphatic heterocycles. The van der Waals surface area contributed by atoms with Gasteiger partial charge >= 0.3 is 0 Å². The average Bonchev–Trinajstić information content (AvgIpc) is 2.88. The lowest BCUT2D eigenvalue weighted by molar-refractivity contribution is -0.138. The number of carbonyl (C=O) groups is 1. The SMILES string of the molecule is Nc1cc(CN2CCC(C(=O)N3CCC(S(=O)(=O)c4ccc5ccccc5c4)CC3)CC2)ccn1. The number of rotatable bonds is 5. The molecule has 0 atom stereocenters. The third-order valence-corrected chi connectivity index (χ3v) is 9.69. The second-order valence-electron chi connectivity index (χ2n) is 9.72. The van der Waals surface area contributed by atoms with E-state index in [0.29, 0.717) is 36.6 Å². The first-order valence-corrected chi connectivity index (χ1v) is 13.9. The number of amides is 1. The standard InChI is InChI=1S/C27H32N4O3S/c28-26-17-20(7-12-29-26)19-30-13-8-22(9-14-30)27(32)31-15-10-24(11-16-31)35(33,34)25-6-5-21-3-1-2-4-23(21)18-25/h1-7,12,17-18,22,24H,8-11,13-16,19H2,(H2,28,29). The van der Waals surface area contributed by atoms with Crippen LogP contribution in [-0.4, -0.2) is 60.5 Å². The zero-order chi connectivity index (χ0) is 24.4. The van der Waals surface area contributed by atoms with Gasteiger partial charge in [0.25, 0.3) is 0 Å². The summed E-state index contributed by atoms with van der Waals surface area (Å²) in [7, 11) is -3.43. The molecule has 184 valence electrons. The molecular weight excluding hydrogens is 460 g/mol. The number of piperidine rings is 2. The van der Waals surface area contributed by atoms with Gasteiger partial charge in [-0.2, -0.15) is 0 Å². The molecule has 2 fully saturated rings. The molecule has 2 aliphatic rings. The summed E-state index contributed by atoms with van der Waals surface area (Å²) in [6.45, 7) is 3.56. The van der Waals surface area contributed by atoms with Gasteiger partial charge in [-0.3, -0.25) is 9.69 Å². The van der Waals surface area contributed by atoms with Crippen molar-refractivity contribution in [3.8, 4) is 0 Å². The number of benzene rings is 2. The molecular formula is C27H32N4O3S. The largest absolute Gasteiger partial charge is 0.384 e. The average molecular weight is 493 g/mol. The number of aromatic nitrogens is 1. The van der Waals surface area contributed by atoms with Gasteiger partial charge in [-0.25, -0.2) is 13.4 Å². The van der Waals surface area contributed by atoms with Crippen molar-refractivity contribution in [2.75, 3.05) is 31.9 Å². The van der Waals surface area contributed by atoms with E-state index in [1.807, 2.05) is 47.4 Å². The van der Waals surface area contributed by atoms with Crippen molar-refractivity contribution in [2.45, 2.75) is 42.4 Å². The third kappa shape index (κ3) is 5.18. The molecule has 3 heterocycles. The van der Waals surface area contributed by atoms with Gasteiger partial charge in [0, 0.05) is 31.7 Å². The maximum Gasteiger partial charge on any atom is 0.225 e. The molecule has 8 heteroatoms. The molecule has 0 aliphatic carbocycles. The third-order valence-electron chi connectivity index (χ3n) is 7.43. The number of nitrogens with two attached hydrogens (primary N) is 1. The van der Waals surface area contributed by atoms with Crippen LogP contribution < -0.4 is 5.73 Å². The van der Waals surface area contributed by atoms with Crippen molar-refractivity contribution in [3.63, 3.8) is 0 Å². The van der Waals surface area contributed by atoms with E-state index < -0.39 is 15.1 Å². The Labute approximate surface area is 206 Å². The molecule has 3 aromatic rings. The first-order valence-electron chi connectivity index (χ1n) is 12.3. The van der Waals surface area contributed by atoms with E-state index in [9.17, 15) is 13.2 Å². The van der Waals surface area contributed by atoms with Gasteiger partial charge in [0.2, 0.25) is 5.91 Å². The number of likely N-dealkylation sites (tertiary alicyclic amines) is 2. The Balaban J connectivity index is 1.15. The topological polar surface area (TPSA) is 96.6 Å². The molecule has 2 saturated heterocycles. The summed E-state index contributed by atoms with van der Waals surface area (Å²) in [6, 6.07) is 17.0. The fourth-order valence-corrected chi connectivity index (χ4v) is 7.14. The summed E-state index contributed by atoms with van der Waals surface area (Å²) >= 11 is 0. The van der Waals surface area contributed by atoms with Crippen LogP contribution in [0, 0.1) is 5.92 Å². The van der Waals surface area contributed by atoms with Gasteiger partial charge in [-0.05, 0) is 79.4 Å². The smallest absolute Gasteiger partial charge is 0.225 e. The van der Waals surface area contributed by atoms with Crippen molar-refractivity contribution < 1.29 is 13.2 Å². The van der Waals surface area contributed by atoms with E-state index in [4.69, 9.17) is 5.73 Å². The number of hydrogen-bond acceptors (Lipinski definition) is 6. The second kappa shape index (κ2) is 9.95. The minimum atomic E-state index is -3.43. The molecule has 1 aromatic heterocycles. The number of nitrogens with zero attached hydrogens (tertiary/aromatic N) is 3. The minimum Gasteiger partial charge on any atom is -0.384 e. The summed E-state index contributed by atoms with van der Waals surface area (Å²) < 4.78 is 26.6. The number of pyridine rings is 1. The second-order valence-corrected chi connectivity index (χ2v) is 11.9. The Morgan fingerprint density at radius 1 is 0.914 bits per heavy atom. The van der Waals surface area contributed by atoms with Crippen LogP contribution in [0.5, 0.6) is 0 Å². The van der Waals surface area contributed by atoms with E-state index >= 15 is 0 Å². The molecule has 0 saturated carbocycles. The van der Waals surface area contributed by atoms with E-state index in [0.717, 1.165) is 48.8 Å². The van der Waals surface area contributed by atoms with Gasteiger partial charge in [0.1, 0.15) is 5.82 Å². The molecule has 2 aromatic carbocycles. The number of nitrogen functional groups attached to an aromatic ring is 1. The van der Waals surface area contributed by atoms with Crippen LogP contribution in [0.4, 0.5) is 5.82 Å². The Kier molecular flexibility index (Phi) is 6.75. The Bertz CT molecular complexity index is 1310. The maximum absolute atomic E-state index is 13.3. The van der Waals surface area contributed by atoms with Crippen LogP contribution >= 0.6 is 0 Å². The predicted octanol–water partition coefficient (Wildman–Crippen LogP) is 3.49. The zero-order valence-electron chi connectivity index (χ0n) is 19.8. The lowest BCUT2D eigenvalue weighted by atomic mass is 9.94. The van der Waals surface area contributed by atoms with Crippen LogP contribution in [0.1, 0.15) is 31.2 Å². The van der Waals surface area contributed by atoms with Crippen molar-refractivity contribution in [1.82, 2.24) is 14.8 Å². The van der Waals surface area contributed by atoms with Crippen LogP contribution in [0.15, 0.2) is 65.7 Å². The number of sulfone groups is 1. The fourth-order valence-electron chi connectivity index (χ4n) is 5.37. The first kappa shape index (κ1) is 23.8. The van der Waals surface area contributed by atoms with E-state index in [2.05, 4.69) is 9.88 Å². The lowest BCUT2D eigenvalue weighted by Crippen LogP contribution is -2.47. The summed E-state index contributed by atoms with van der Waals surface area (Å²) in [5, 5.41) is 1.52. The van der Waals surface area contributed by atoms with Crippen LogP contribution in [0.2, 0.25) is 0 Å². The Morgan fingerprint density at radius 3 is 2.34 bits per heavy atom. The van der Waals surface area contributed by atoms with Crippen molar-refractivity contribution >= 4 is 32.3 Å². The van der Waals surface area contributed by atoms with Gasteiger partial charge in [0.15, 0.2) is 9.84 Å². The Morgan fingerprint density at radius 2 is 1.63 bits per heavy atom. The summed E-state index contributed by atoms with van der Waals surface area (Å²) in [4.78, 5) is 21.8. The van der Waals surface area contributed by atoms with E-state index in [1.165, 1.54) is 0 Å². The quantitative estimate of drug-likeness (QED) is 0.586. The van der Waals surface area contributed by atoms with Crippen LogP contribution in [-0.2, 0) is 21.2 Å². The molecule has 0 bridgehead atoms. The monoisotopic (exact) mass is 492 g/mol. The van der Waals surface area contributed by atoms with E-state index in [-0.39, 0.29) is 11.8 Å². The lowest BCUT2D eigenvalue weighted by Gasteiger charge is -2.37. The molecule has 35 heavy (non-hydrogen) atoms. The van der Waals surface area contributed by atoms with Gasteiger partial charge in [-0.15, -0.1) is 0 Å². The van der Waals surface area contributed by atoms with Gasteiger partial charge in [-0.1, -0.05) is 30.3 Å². The molecule has 2 N–H and O–H groups in total. The highest BCUT2D eigenvalue weighted by molar-refractivity contribution is 7.92. The fraction of sp³-hybridized carbons (Fsp3) is 0.407. The van der Waals surface area contributed by atoms with Crippen molar-refractivity contribution in [2.24, 2.45) is 5.92 Å². The number of anilines is 1. The minimum absolute atomic E-state index is 0.0161. The van der Waals surface area contributed by atoms with Crippen LogP contribution in [0.3, 0.4) is 0 Å². The molecule has 7 nitrogen and oxygen atoms in total. The number of fused-ring (bicyclic) bond motifs is 1. The van der Waals surface area contributed by atoms with Crippen LogP contribution in [0.25, 0.3) is 10.8 Å². The molecule has 1 amide bonds. The first-order chi connectivity index (χ1) is 16.9. The molecule has 0 unspecified atom stereocenters. The predicted molar refractivity (Wildman–Crippen MR) is 137 cm³/mol.